The van der Waals surface area contributed by atoms with Crippen molar-refractivity contribution in [1.29, 1.82) is 0 Å². The Hall–Kier alpha value is -2.73. The molecular weight excluding hydrogens is 397 g/mol. The standard InChI is InChI=1S/C20H15BrFN3O/c1-11-8-13(10-24-19(11)26)20(12-4-2-5-14(21)9-12)15-6-3-7-16(22)17(15)18(23)25-20/h2-10H,1H3,(H2,23,25)(H,24,26)/t20-/m0/s1. The van der Waals surface area contributed by atoms with Crippen LogP contribution < -0.4 is 11.3 Å². The van der Waals surface area contributed by atoms with Crippen molar-refractivity contribution >= 4 is 21.8 Å². The summed E-state index contributed by atoms with van der Waals surface area (Å²) in [6.45, 7) is 1.73. The van der Waals surface area contributed by atoms with Gasteiger partial charge in [0, 0.05) is 27.4 Å². The fourth-order valence-electron chi connectivity index (χ4n) is 3.51. The molecule has 4 rings (SSSR count). The van der Waals surface area contributed by atoms with Gasteiger partial charge in [0.15, 0.2) is 0 Å². The second kappa shape index (κ2) is 5.92. The topological polar surface area (TPSA) is 71.2 Å². The number of nitrogens with one attached hydrogen (secondary N) is 1. The average molecular weight is 412 g/mol. The lowest BCUT2D eigenvalue weighted by Crippen LogP contribution is -2.27. The molecule has 0 saturated heterocycles. The summed E-state index contributed by atoms with van der Waals surface area (Å²) in [5, 5.41) is 0. The zero-order valence-corrected chi connectivity index (χ0v) is 15.5. The van der Waals surface area contributed by atoms with Crippen LogP contribution >= 0.6 is 15.9 Å². The third-order valence-electron chi connectivity index (χ3n) is 4.70. The van der Waals surface area contributed by atoms with Gasteiger partial charge in [-0.3, -0.25) is 4.79 Å². The van der Waals surface area contributed by atoms with Crippen molar-refractivity contribution in [3.63, 3.8) is 0 Å². The second-order valence-electron chi connectivity index (χ2n) is 6.28. The van der Waals surface area contributed by atoms with Crippen molar-refractivity contribution in [3.8, 4) is 0 Å². The zero-order valence-electron chi connectivity index (χ0n) is 13.9. The van der Waals surface area contributed by atoms with Gasteiger partial charge in [-0.1, -0.05) is 40.2 Å². The fourth-order valence-corrected chi connectivity index (χ4v) is 3.91. The Kier molecular flexibility index (Phi) is 3.80. The Morgan fingerprint density at radius 2 is 1.92 bits per heavy atom. The van der Waals surface area contributed by atoms with Crippen LogP contribution in [0.5, 0.6) is 0 Å². The van der Waals surface area contributed by atoms with Crippen molar-refractivity contribution in [2.75, 3.05) is 0 Å². The van der Waals surface area contributed by atoms with E-state index >= 15 is 0 Å². The van der Waals surface area contributed by atoms with Crippen molar-refractivity contribution in [1.82, 2.24) is 4.98 Å². The van der Waals surface area contributed by atoms with Gasteiger partial charge in [0.25, 0.3) is 5.56 Å². The minimum Gasteiger partial charge on any atom is -0.383 e. The zero-order chi connectivity index (χ0) is 18.5. The molecule has 0 spiro atoms. The van der Waals surface area contributed by atoms with E-state index in [1.807, 2.05) is 30.3 Å². The molecule has 4 nitrogen and oxygen atoms in total. The number of aromatic nitrogens is 1. The maximum Gasteiger partial charge on any atom is 0.250 e. The first kappa shape index (κ1) is 16.7. The Morgan fingerprint density at radius 1 is 1.15 bits per heavy atom. The van der Waals surface area contributed by atoms with Gasteiger partial charge in [0.2, 0.25) is 0 Å². The molecule has 0 aliphatic carbocycles. The molecule has 0 saturated carbocycles. The first-order valence-corrected chi connectivity index (χ1v) is 8.83. The molecule has 1 atom stereocenters. The number of H-pyrrole nitrogens is 1. The van der Waals surface area contributed by atoms with E-state index in [1.165, 1.54) is 6.07 Å². The predicted molar refractivity (Wildman–Crippen MR) is 103 cm³/mol. The average Bonchev–Trinajstić information content (AvgIpc) is 2.92. The highest BCUT2D eigenvalue weighted by atomic mass is 79.9. The number of hydrogen-bond donors (Lipinski definition) is 2. The minimum atomic E-state index is -1.03. The van der Waals surface area contributed by atoms with Crippen LogP contribution in [0, 0.1) is 12.7 Å². The number of aryl methyl sites for hydroxylation is 1. The lowest BCUT2D eigenvalue weighted by atomic mass is 9.78. The molecule has 2 aromatic carbocycles. The second-order valence-corrected chi connectivity index (χ2v) is 7.20. The van der Waals surface area contributed by atoms with E-state index < -0.39 is 11.4 Å². The number of aliphatic imine (C=N–C) groups is 1. The number of halogens is 2. The SMILES string of the molecule is Cc1cc([C@]2(c3cccc(Br)c3)N=C(N)c3c(F)cccc32)c[nH]c1=O. The summed E-state index contributed by atoms with van der Waals surface area (Å²) in [5.41, 5.74) is 7.98. The van der Waals surface area contributed by atoms with Crippen molar-refractivity contribution < 1.29 is 4.39 Å². The maximum atomic E-state index is 14.5. The monoisotopic (exact) mass is 411 g/mol. The number of aromatic amines is 1. The van der Waals surface area contributed by atoms with E-state index in [0.29, 0.717) is 16.7 Å². The van der Waals surface area contributed by atoms with Gasteiger partial charge in [-0.25, -0.2) is 9.38 Å². The Morgan fingerprint density at radius 3 is 2.65 bits per heavy atom. The van der Waals surface area contributed by atoms with Gasteiger partial charge in [-0.05, 0) is 36.8 Å². The number of hydrogen-bond acceptors (Lipinski definition) is 3. The van der Waals surface area contributed by atoms with Crippen molar-refractivity contribution in [2.24, 2.45) is 10.7 Å². The molecule has 3 aromatic rings. The van der Waals surface area contributed by atoms with Crippen molar-refractivity contribution in [2.45, 2.75) is 12.5 Å². The summed E-state index contributed by atoms with van der Waals surface area (Å²) in [4.78, 5) is 19.3. The maximum absolute atomic E-state index is 14.5. The van der Waals surface area contributed by atoms with E-state index in [4.69, 9.17) is 10.7 Å². The molecular formula is C20H15BrFN3O. The summed E-state index contributed by atoms with van der Waals surface area (Å²) < 4.78 is 15.4. The summed E-state index contributed by atoms with van der Waals surface area (Å²) in [6.07, 6.45) is 1.62. The van der Waals surface area contributed by atoms with Gasteiger partial charge in [-0.2, -0.15) is 0 Å². The molecule has 1 aliphatic heterocycles. The number of rotatable bonds is 2. The Bertz CT molecular complexity index is 1120. The summed E-state index contributed by atoms with van der Waals surface area (Å²) in [5.74, 6) is -0.274. The first-order chi connectivity index (χ1) is 12.4. The van der Waals surface area contributed by atoms with Gasteiger partial charge in [0.1, 0.15) is 17.2 Å². The van der Waals surface area contributed by atoms with Crippen molar-refractivity contribution in [3.05, 3.63) is 103 Å². The molecule has 0 unspecified atom stereocenters. The van der Waals surface area contributed by atoms with Gasteiger partial charge < -0.3 is 10.7 Å². The fraction of sp³-hybridized carbons (Fsp3) is 0.100. The number of fused-ring (bicyclic) bond motifs is 1. The molecule has 130 valence electrons. The third-order valence-corrected chi connectivity index (χ3v) is 5.19. The van der Waals surface area contributed by atoms with Gasteiger partial charge in [0.05, 0.1) is 5.56 Å². The van der Waals surface area contributed by atoms with Crippen LogP contribution in [0.4, 0.5) is 4.39 Å². The molecule has 0 radical (unpaired) electrons. The van der Waals surface area contributed by atoms with Gasteiger partial charge in [-0.15, -0.1) is 0 Å². The lowest BCUT2D eigenvalue weighted by Gasteiger charge is -2.29. The van der Waals surface area contributed by atoms with Crippen LogP contribution in [-0.4, -0.2) is 10.8 Å². The molecule has 0 bridgehead atoms. The van der Waals surface area contributed by atoms with E-state index in [2.05, 4.69) is 20.9 Å². The lowest BCUT2D eigenvalue weighted by molar-refractivity contribution is 0.615. The van der Waals surface area contributed by atoms with Crippen LogP contribution in [0.25, 0.3) is 0 Å². The normalized spacial score (nSPS) is 18.5. The van der Waals surface area contributed by atoms with E-state index in [9.17, 15) is 9.18 Å². The van der Waals surface area contributed by atoms with E-state index in [1.54, 1.807) is 25.3 Å². The van der Waals surface area contributed by atoms with Gasteiger partial charge >= 0.3 is 0 Å². The number of nitrogens with two attached hydrogens (primary N) is 1. The summed E-state index contributed by atoms with van der Waals surface area (Å²) in [6, 6.07) is 14.3. The number of amidine groups is 1. The summed E-state index contributed by atoms with van der Waals surface area (Å²) in [7, 11) is 0. The first-order valence-electron chi connectivity index (χ1n) is 8.04. The van der Waals surface area contributed by atoms with E-state index in [-0.39, 0.29) is 11.4 Å². The largest absolute Gasteiger partial charge is 0.383 e. The smallest absolute Gasteiger partial charge is 0.250 e. The van der Waals surface area contributed by atoms with Crippen LogP contribution in [0.1, 0.15) is 27.8 Å². The minimum absolute atomic E-state index is 0.141. The molecule has 6 heteroatoms. The highest BCUT2D eigenvalue weighted by Crippen LogP contribution is 2.46. The molecule has 0 amide bonds. The van der Waals surface area contributed by atoms with Crippen LogP contribution in [-0.2, 0) is 5.54 Å². The van der Waals surface area contributed by atoms with E-state index in [0.717, 1.165) is 15.6 Å². The molecule has 2 heterocycles. The summed E-state index contributed by atoms with van der Waals surface area (Å²) >= 11 is 3.49. The quantitative estimate of drug-likeness (QED) is 0.676. The molecule has 1 aliphatic rings. The molecule has 26 heavy (non-hydrogen) atoms. The van der Waals surface area contributed by atoms with Crippen LogP contribution in [0.3, 0.4) is 0 Å². The molecule has 1 aromatic heterocycles. The highest BCUT2D eigenvalue weighted by Gasteiger charge is 2.44. The highest BCUT2D eigenvalue weighted by molar-refractivity contribution is 9.10. The number of benzene rings is 2. The Labute approximate surface area is 157 Å². The third kappa shape index (κ3) is 2.33. The van der Waals surface area contributed by atoms with Crippen LogP contribution in [0.2, 0.25) is 0 Å². The molecule has 3 N–H and O–H groups in total. The predicted octanol–water partition coefficient (Wildman–Crippen LogP) is 3.60. The number of pyridine rings is 1. The number of nitrogens with zero attached hydrogens (tertiary/aromatic N) is 1. The Balaban J connectivity index is 2.13. The molecule has 0 fully saturated rings. The van der Waals surface area contributed by atoms with Crippen LogP contribution in [0.15, 0.2) is 69.0 Å².